The second kappa shape index (κ2) is 7.19. The lowest BCUT2D eigenvalue weighted by Crippen LogP contribution is -2.30. The maximum atomic E-state index is 11.6. The van der Waals surface area contributed by atoms with Crippen molar-refractivity contribution in [1.82, 2.24) is 25.5 Å². The average Bonchev–Trinajstić information content (AvgIpc) is 2.99. The molecule has 0 saturated heterocycles. The van der Waals surface area contributed by atoms with Gasteiger partial charge in [0.25, 0.3) is 0 Å². The molecule has 106 valence electrons. The van der Waals surface area contributed by atoms with E-state index in [1.54, 1.807) is 19.2 Å². The number of hydrogen-bond donors (Lipinski definition) is 2. The summed E-state index contributed by atoms with van der Waals surface area (Å²) < 4.78 is 6.44. The number of hydrogen-bond acceptors (Lipinski definition) is 5. The van der Waals surface area contributed by atoms with Crippen LogP contribution in [0.5, 0.6) is 0 Å². The Labute approximate surface area is 116 Å². The third kappa shape index (κ3) is 4.02. The first-order valence-corrected chi connectivity index (χ1v) is 6.17. The summed E-state index contributed by atoms with van der Waals surface area (Å²) in [5.41, 5.74) is 1.52. The van der Waals surface area contributed by atoms with Crippen molar-refractivity contribution in [1.29, 1.82) is 0 Å². The minimum absolute atomic E-state index is 0.240. The van der Waals surface area contributed by atoms with Crippen LogP contribution in [0.3, 0.4) is 0 Å². The molecule has 0 fully saturated rings. The Kier molecular flexibility index (Phi) is 5.01. The molecular formula is C12H16N6O2. The first-order valence-electron chi connectivity index (χ1n) is 6.17. The van der Waals surface area contributed by atoms with Crippen LogP contribution >= 0.6 is 0 Å². The topological polar surface area (TPSA) is 94.0 Å². The zero-order valence-electron chi connectivity index (χ0n) is 11.1. The minimum atomic E-state index is -0.240. The van der Waals surface area contributed by atoms with Gasteiger partial charge in [-0.2, -0.15) is 0 Å². The van der Waals surface area contributed by atoms with E-state index < -0.39 is 0 Å². The fourth-order valence-corrected chi connectivity index (χ4v) is 1.57. The van der Waals surface area contributed by atoms with Gasteiger partial charge in [0.15, 0.2) is 0 Å². The third-order valence-electron chi connectivity index (χ3n) is 2.55. The van der Waals surface area contributed by atoms with E-state index in [-0.39, 0.29) is 6.03 Å². The molecule has 8 heteroatoms. The van der Waals surface area contributed by atoms with Gasteiger partial charge in [0.1, 0.15) is 6.33 Å². The predicted molar refractivity (Wildman–Crippen MR) is 72.7 cm³/mol. The predicted octanol–water partition coefficient (Wildman–Crippen LogP) is 0.820. The molecule has 0 bridgehead atoms. The van der Waals surface area contributed by atoms with E-state index in [2.05, 4.69) is 26.2 Å². The van der Waals surface area contributed by atoms with E-state index in [4.69, 9.17) is 4.74 Å². The fraction of sp³-hybridized carbons (Fsp3) is 0.333. The number of anilines is 1. The Hall–Kier alpha value is -2.48. The highest BCUT2D eigenvalue weighted by Crippen LogP contribution is 2.11. The maximum absolute atomic E-state index is 11.6. The van der Waals surface area contributed by atoms with Crippen LogP contribution in [-0.4, -0.2) is 46.5 Å². The summed E-state index contributed by atoms with van der Waals surface area (Å²) in [6.45, 7) is 1.20. The van der Waals surface area contributed by atoms with Gasteiger partial charge in [-0.1, -0.05) is 0 Å². The van der Waals surface area contributed by atoms with Crippen LogP contribution in [-0.2, 0) is 4.74 Å². The summed E-state index contributed by atoms with van der Waals surface area (Å²) in [6.07, 6.45) is 2.28. The Morgan fingerprint density at radius 2 is 2.15 bits per heavy atom. The molecular weight excluding hydrogens is 260 g/mol. The number of ether oxygens (including phenoxy) is 1. The van der Waals surface area contributed by atoms with Gasteiger partial charge in [-0.3, -0.25) is 0 Å². The molecule has 0 aliphatic carbocycles. The molecule has 2 amide bonds. The van der Waals surface area contributed by atoms with Gasteiger partial charge in [-0.05, 0) is 41.1 Å². The molecule has 0 radical (unpaired) electrons. The van der Waals surface area contributed by atoms with Crippen molar-refractivity contribution in [2.45, 2.75) is 6.42 Å². The highest BCUT2D eigenvalue weighted by Gasteiger charge is 2.02. The SMILES string of the molecule is COCCCNC(=O)Nc1ccc(-n2cnnn2)cc1. The number of carbonyl (C=O) groups is 1. The maximum Gasteiger partial charge on any atom is 0.319 e. The average molecular weight is 276 g/mol. The van der Waals surface area contributed by atoms with Gasteiger partial charge >= 0.3 is 6.03 Å². The number of benzene rings is 1. The van der Waals surface area contributed by atoms with Crippen molar-refractivity contribution in [3.05, 3.63) is 30.6 Å². The lowest BCUT2D eigenvalue weighted by molar-refractivity contribution is 0.194. The first kappa shape index (κ1) is 13.9. The molecule has 0 spiro atoms. The summed E-state index contributed by atoms with van der Waals surface area (Å²) in [5.74, 6) is 0. The van der Waals surface area contributed by atoms with E-state index in [1.807, 2.05) is 12.1 Å². The van der Waals surface area contributed by atoms with Crippen LogP contribution in [0.15, 0.2) is 30.6 Å². The van der Waals surface area contributed by atoms with Gasteiger partial charge in [-0.25, -0.2) is 9.48 Å². The van der Waals surface area contributed by atoms with Crippen molar-refractivity contribution >= 4 is 11.7 Å². The number of methoxy groups -OCH3 is 1. The van der Waals surface area contributed by atoms with Crippen molar-refractivity contribution in [3.63, 3.8) is 0 Å². The van der Waals surface area contributed by atoms with Crippen LogP contribution in [0.25, 0.3) is 5.69 Å². The number of amides is 2. The summed E-state index contributed by atoms with van der Waals surface area (Å²) in [5, 5.41) is 16.4. The van der Waals surface area contributed by atoms with Gasteiger partial charge < -0.3 is 15.4 Å². The number of rotatable bonds is 6. The number of urea groups is 1. The van der Waals surface area contributed by atoms with Gasteiger partial charge in [0, 0.05) is 25.9 Å². The molecule has 0 aliphatic rings. The summed E-state index contributed by atoms with van der Waals surface area (Å²) >= 11 is 0. The highest BCUT2D eigenvalue weighted by atomic mass is 16.5. The zero-order valence-corrected chi connectivity index (χ0v) is 11.1. The molecule has 1 aromatic heterocycles. The number of nitrogens with zero attached hydrogens (tertiary/aromatic N) is 4. The van der Waals surface area contributed by atoms with Crippen molar-refractivity contribution in [3.8, 4) is 5.69 Å². The Morgan fingerprint density at radius 3 is 2.80 bits per heavy atom. The van der Waals surface area contributed by atoms with Gasteiger partial charge in [0.05, 0.1) is 5.69 Å². The summed E-state index contributed by atoms with van der Waals surface area (Å²) in [7, 11) is 1.63. The Balaban J connectivity index is 1.83. The molecule has 2 aromatic rings. The van der Waals surface area contributed by atoms with Gasteiger partial charge in [0.2, 0.25) is 0 Å². The van der Waals surface area contributed by atoms with Crippen molar-refractivity contribution < 1.29 is 9.53 Å². The molecule has 20 heavy (non-hydrogen) atoms. The molecule has 1 aromatic carbocycles. The minimum Gasteiger partial charge on any atom is -0.385 e. The van der Waals surface area contributed by atoms with Crippen LogP contribution in [0, 0.1) is 0 Å². The number of aromatic nitrogens is 4. The molecule has 1 heterocycles. The summed E-state index contributed by atoms with van der Waals surface area (Å²) in [4.78, 5) is 11.6. The number of nitrogens with one attached hydrogen (secondary N) is 2. The van der Waals surface area contributed by atoms with E-state index >= 15 is 0 Å². The lowest BCUT2D eigenvalue weighted by atomic mass is 10.3. The largest absolute Gasteiger partial charge is 0.385 e. The highest BCUT2D eigenvalue weighted by molar-refractivity contribution is 5.89. The third-order valence-corrected chi connectivity index (χ3v) is 2.55. The normalized spacial score (nSPS) is 10.2. The molecule has 8 nitrogen and oxygen atoms in total. The number of tetrazole rings is 1. The van der Waals surface area contributed by atoms with E-state index in [9.17, 15) is 4.79 Å². The van der Waals surface area contributed by atoms with Crippen molar-refractivity contribution in [2.24, 2.45) is 0 Å². The van der Waals surface area contributed by atoms with Crippen LogP contribution < -0.4 is 10.6 Å². The standard InChI is InChI=1S/C12H16N6O2/c1-20-8-2-7-13-12(19)15-10-3-5-11(6-4-10)18-9-14-16-17-18/h3-6,9H,2,7-8H2,1H3,(H2,13,15,19). The molecule has 0 aliphatic heterocycles. The second-order valence-electron chi connectivity index (χ2n) is 4.03. The van der Waals surface area contributed by atoms with E-state index in [0.29, 0.717) is 18.8 Å². The van der Waals surface area contributed by atoms with E-state index in [0.717, 1.165) is 12.1 Å². The van der Waals surface area contributed by atoms with Crippen LogP contribution in [0.2, 0.25) is 0 Å². The monoisotopic (exact) mass is 276 g/mol. The van der Waals surface area contributed by atoms with E-state index in [1.165, 1.54) is 11.0 Å². The molecule has 2 rings (SSSR count). The van der Waals surface area contributed by atoms with Crippen molar-refractivity contribution in [2.75, 3.05) is 25.6 Å². The Bertz CT molecular complexity index is 525. The smallest absolute Gasteiger partial charge is 0.319 e. The molecule has 0 atom stereocenters. The number of carbonyl (C=O) groups excluding carboxylic acids is 1. The lowest BCUT2D eigenvalue weighted by Gasteiger charge is -2.08. The van der Waals surface area contributed by atoms with Crippen LogP contribution in [0.1, 0.15) is 6.42 Å². The molecule has 0 saturated carbocycles. The fourth-order valence-electron chi connectivity index (χ4n) is 1.57. The zero-order chi connectivity index (χ0) is 14.2. The quantitative estimate of drug-likeness (QED) is 0.762. The molecule has 0 unspecified atom stereocenters. The molecule has 2 N–H and O–H groups in total. The second-order valence-corrected chi connectivity index (χ2v) is 4.03. The van der Waals surface area contributed by atoms with Gasteiger partial charge in [-0.15, -0.1) is 5.10 Å². The first-order chi connectivity index (χ1) is 9.79. The summed E-state index contributed by atoms with van der Waals surface area (Å²) in [6, 6.07) is 6.96. The van der Waals surface area contributed by atoms with Crippen LogP contribution in [0.4, 0.5) is 10.5 Å². The Morgan fingerprint density at radius 1 is 1.35 bits per heavy atom.